The summed E-state index contributed by atoms with van der Waals surface area (Å²) in [6.07, 6.45) is 6.79. The molecule has 0 aromatic rings. The summed E-state index contributed by atoms with van der Waals surface area (Å²) in [7, 11) is 0. The molecule has 3 atom stereocenters. The zero-order chi connectivity index (χ0) is 17.0. The SMILES string of the molecule is C/C(=C\OCC(O)C(O)CO)CCCC(C)CCCC(C)C. The fourth-order valence-electron chi connectivity index (χ4n) is 2.33. The molecular weight excluding hydrogens is 280 g/mol. The van der Waals surface area contributed by atoms with Crippen LogP contribution in [0.4, 0.5) is 0 Å². The molecule has 0 fully saturated rings. The van der Waals surface area contributed by atoms with E-state index in [0.717, 1.165) is 30.3 Å². The van der Waals surface area contributed by atoms with Gasteiger partial charge in [-0.25, -0.2) is 0 Å². The minimum Gasteiger partial charge on any atom is -0.498 e. The van der Waals surface area contributed by atoms with Crippen molar-refractivity contribution in [3.63, 3.8) is 0 Å². The van der Waals surface area contributed by atoms with Crippen molar-refractivity contribution in [1.82, 2.24) is 0 Å². The van der Waals surface area contributed by atoms with Crippen LogP contribution in [-0.4, -0.2) is 40.7 Å². The van der Waals surface area contributed by atoms with E-state index in [9.17, 15) is 10.2 Å². The summed E-state index contributed by atoms with van der Waals surface area (Å²) in [4.78, 5) is 0. The van der Waals surface area contributed by atoms with E-state index < -0.39 is 18.8 Å². The van der Waals surface area contributed by atoms with Gasteiger partial charge in [-0.15, -0.1) is 0 Å². The lowest BCUT2D eigenvalue weighted by Gasteiger charge is -2.15. The molecule has 0 radical (unpaired) electrons. The minimum atomic E-state index is -1.14. The monoisotopic (exact) mass is 316 g/mol. The highest BCUT2D eigenvalue weighted by molar-refractivity contribution is 4.93. The van der Waals surface area contributed by atoms with E-state index in [4.69, 9.17) is 9.84 Å². The fraction of sp³-hybridized carbons (Fsp3) is 0.889. The first-order valence-electron chi connectivity index (χ1n) is 8.61. The van der Waals surface area contributed by atoms with Crippen LogP contribution in [-0.2, 0) is 4.74 Å². The Labute approximate surface area is 136 Å². The molecule has 0 aliphatic heterocycles. The van der Waals surface area contributed by atoms with Crippen molar-refractivity contribution in [1.29, 1.82) is 0 Å². The molecular formula is C18H36O4. The van der Waals surface area contributed by atoms with Crippen LogP contribution in [0.25, 0.3) is 0 Å². The van der Waals surface area contributed by atoms with E-state index >= 15 is 0 Å². The second-order valence-electron chi connectivity index (χ2n) is 6.94. The van der Waals surface area contributed by atoms with Gasteiger partial charge in [0.15, 0.2) is 0 Å². The Balaban J connectivity index is 3.70. The molecule has 0 saturated heterocycles. The van der Waals surface area contributed by atoms with Crippen LogP contribution < -0.4 is 0 Å². The van der Waals surface area contributed by atoms with Gasteiger partial charge >= 0.3 is 0 Å². The second kappa shape index (κ2) is 12.9. The summed E-state index contributed by atoms with van der Waals surface area (Å²) < 4.78 is 5.25. The second-order valence-corrected chi connectivity index (χ2v) is 6.94. The van der Waals surface area contributed by atoms with Crippen molar-refractivity contribution in [3.8, 4) is 0 Å². The molecule has 4 heteroatoms. The highest BCUT2D eigenvalue weighted by Gasteiger charge is 2.14. The number of rotatable bonds is 13. The van der Waals surface area contributed by atoms with Crippen LogP contribution in [0.2, 0.25) is 0 Å². The maximum Gasteiger partial charge on any atom is 0.116 e. The predicted molar refractivity (Wildman–Crippen MR) is 90.5 cm³/mol. The van der Waals surface area contributed by atoms with Crippen molar-refractivity contribution >= 4 is 0 Å². The first-order valence-corrected chi connectivity index (χ1v) is 8.61. The Morgan fingerprint density at radius 1 is 1.00 bits per heavy atom. The molecule has 0 amide bonds. The number of hydrogen-bond donors (Lipinski definition) is 3. The molecule has 132 valence electrons. The summed E-state index contributed by atoms with van der Waals surface area (Å²) in [6.45, 7) is 8.43. The third-order valence-electron chi connectivity index (χ3n) is 3.93. The van der Waals surface area contributed by atoms with Crippen molar-refractivity contribution in [2.24, 2.45) is 11.8 Å². The van der Waals surface area contributed by atoms with Crippen LogP contribution in [0.5, 0.6) is 0 Å². The van der Waals surface area contributed by atoms with Gasteiger partial charge in [0, 0.05) is 0 Å². The number of aliphatic hydroxyl groups excluding tert-OH is 3. The van der Waals surface area contributed by atoms with Gasteiger partial charge < -0.3 is 20.1 Å². The molecule has 0 saturated carbocycles. The molecule has 0 aromatic carbocycles. The van der Waals surface area contributed by atoms with Crippen molar-refractivity contribution in [2.45, 2.75) is 78.4 Å². The molecule has 0 aliphatic carbocycles. The third kappa shape index (κ3) is 12.0. The Bertz CT molecular complexity index is 289. The van der Waals surface area contributed by atoms with Gasteiger partial charge in [-0.1, -0.05) is 46.5 Å². The maximum atomic E-state index is 9.44. The average molecular weight is 316 g/mol. The number of hydrogen-bond acceptors (Lipinski definition) is 4. The van der Waals surface area contributed by atoms with Crippen LogP contribution >= 0.6 is 0 Å². The predicted octanol–water partition coefficient (Wildman–Crippen LogP) is 3.25. The quantitative estimate of drug-likeness (QED) is 0.456. The molecule has 3 unspecified atom stereocenters. The molecule has 22 heavy (non-hydrogen) atoms. The topological polar surface area (TPSA) is 69.9 Å². The molecule has 0 aliphatic rings. The summed E-state index contributed by atoms with van der Waals surface area (Å²) in [5.74, 6) is 1.57. The van der Waals surface area contributed by atoms with Crippen molar-refractivity contribution in [2.75, 3.05) is 13.2 Å². The van der Waals surface area contributed by atoms with Gasteiger partial charge in [0.05, 0.1) is 12.9 Å². The van der Waals surface area contributed by atoms with Gasteiger partial charge in [-0.2, -0.15) is 0 Å². The van der Waals surface area contributed by atoms with Gasteiger partial charge in [0.1, 0.15) is 18.8 Å². The molecule has 4 nitrogen and oxygen atoms in total. The largest absolute Gasteiger partial charge is 0.498 e. The summed E-state index contributed by atoms with van der Waals surface area (Å²) in [5, 5.41) is 27.3. The minimum absolute atomic E-state index is 0.00463. The van der Waals surface area contributed by atoms with Crippen LogP contribution in [0.1, 0.15) is 66.2 Å². The van der Waals surface area contributed by atoms with Crippen LogP contribution in [0, 0.1) is 11.8 Å². The van der Waals surface area contributed by atoms with Crippen LogP contribution in [0.3, 0.4) is 0 Å². The first-order chi connectivity index (χ1) is 10.4. The third-order valence-corrected chi connectivity index (χ3v) is 3.93. The van der Waals surface area contributed by atoms with E-state index in [2.05, 4.69) is 20.8 Å². The Hall–Kier alpha value is -0.580. The van der Waals surface area contributed by atoms with E-state index in [-0.39, 0.29) is 6.61 Å². The Morgan fingerprint density at radius 2 is 1.64 bits per heavy atom. The molecule has 0 rings (SSSR count). The van der Waals surface area contributed by atoms with Crippen molar-refractivity contribution in [3.05, 3.63) is 11.8 Å². The van der Waals surface area contributed by atoms with E-state index in [1.54, 1.807) is 6.26 Å². The fourth-order valence-corrected chi connectivity index (χ4v) is 2.33. The first kappa shape index (κ1) is 21.4. The normalized spacial score (nSPS) is 16.6. The van der Waals surface area contributed by atoms with Gasteiger partial charge in [0.2, 0.25) is 0 Å². The van der Waals surface area contributed by atoms with Gasteiger partial charge in [-0.05, 0) is 37.2 Å². The lowest BCUT2D eigenvalue weighted by Crippen LogP contribution is -2.32. The smallest absolute Gasteiger partial charge is 0.116 e. The number of allylic oxidation sites excluding steroid dienone is 1. The van der Waals surface area contributed by atoms with E-state index in [1.165, 1.54) is 25.7 Å². The zero-order valence-electron chi connectivity index (χ0n) is 14.8. The molecule has 3 N–H and O–H groups in total. The maximum absolute atomic E-state index is 9.44. The van der Waals surface area contributed by atoms with Gasteiger partial charge in [0.25, 0.3) is 0 Å². The number of aliphatic hydroxyl groups is 3. The molecule has 0 heterocycles. The van der Waals surface area contributed by atoms with E-state index in [1.807, 2.05) is 6.92 Å². The molecule has 0 bridgehead atoms. The summed E-state index contributed by atoms with van der Waals surface area (Å²) in [6, 6.07) is 0. The van der Waals surface area contributed by atoms with Crippen LogP contribution in [0.15, 0.2) is 11.8 Å². The number of ether oxygens (including phenoxy) is 1. The Kier molecular flexibility index (Phi) is 12.6. The summed E-state index contributed by atoms with van der Waals surface area (Å²) >= 11 is 0. The highest BCUT2D eigenvalue weighted by Crippen LogP contribution is 2.19. The van der Waals surface area contributed by atoms with E-state index in [0.29, 0.717) is 0 Å². The standard InChI is InChI=1S/C18H36O4/c1-14(2)7-5-8-15(3)9-6-10-16(4)12-22-13-18(21)17(20)11-19/h12,14-15,17-21H,5-11,13H2,1-4H3/b16-12+. The molecule has 0 spiro atoms. The molecule has 0 aromatic heterocycles. The lowest BCUT2D eigenvalue weighted by atomic mass is 9.95. The van der Waals surface area contributed by atoms with Gasteiger partial charge in [-0.3, -0.25) is 0 Å². The highest BCUT2D eigenvalue weighted by atomic mass is 16.5. The zero-order valence-corrected chi connectivity index (χ0v) is 14.8. The summed E-state index contributed by atoms with van der Waals surface area (Å²) in [5.41, 5.74) is 1.14. The average Bonchev–Trinajstić information content (AvgIpc) is 2.45. The Morgan fingerprint density at radius 3 is 2.23 bits per heavy atom. The lowest BCUT2D eigenvalue weighted by molar-refractivity contribution is -0.0417. The van der Waals surface area contributed by atoms with Crippen molar-refractivity contribution < 1.29 is 20.1 Å².